The van der Waals surface area contributed by atoms with Gasteiger partial charge in [0, 0.05) is 0 Å². The summed E-state index contributed by atoms with van der Waals surface area (Å²) < 4.78 is 0. The average molecular weight is 607 g/mol. The first kappa shape index (κ1) is 32.0. The third-order valence-corrected chi connectivity index (χ3v) is 17.7. The second-order valence-electron chi connectivity index (χ2n) is 13.1. The minimum absolute atomic E-state index is 0. The van der Waals surface area contributed by atoms with Crippen LogP contribution in [0.1, 0.15) is 140 Å². The smallest absolute Gasteiger partial charge is 0.214 e. The van der Waals surface area contributed by atoms with Gasteiger partial charge in [0.15, 0.2) is 0 Å². The third-order valence-electron chi connectivity index (χ3n) is 10.4. The third kappa shape index (κ3) is 9.81. The van der Waals surface area contributed by atoms with E-state index in [0.29, 0.717) is 0 Å². The van der Waals surface area contributed by atoms with Gasteiger partial charge in [-0.25, -0.2) is 24.3 Å². The summed E-state index contributed by atoms with van der Waals surface area (Å²) in [6.45, 7) is 0. The maximum Gasteiger partial charge on any atom is 2.00 e. The van der Waals surface area contributed by atoms with Gasteiger partial charge in [-0.15, -0.1) is 13.5 Å². The van der Waals surface area contributed by atoms with Crippen molar-refractivity contribution in [1.29, 1.82) is 0 Å². The zero-order valence-electron chi connectivity index (χ0n) is 24.7. The number of hydrogen-bond acceptors (Lipinski definition) is 0. The standard InChI is InChI=1S/C31H51P2.C5H5.Fe/c1-5-16-28(17-6-1)32(29-18-7-2-8-19-29)24-26-14-13-15-27(26)25-33(30-20-9-3-10-21-30)31-22-11-4-12-23-31;1-2-4-5-3-1;/h13-15,28-31H,1-12,16-25H2;1-5H;/q2*-1;+2. The molecule has 6 rings (SSSR count). The predicted molar refractivity (Wildman–Crippen MR) is 173 cm³/mol. The van der Waals surface area contributed by atoms with Gasteiger partial charge < -0.3 is 0 Å². The van der Waals surface area contributed by atoms with Gasteiger partial charge in [-0.05, 0) is 80.2 Å². The summed E-state index contributed by atoms with van der Waals surface area (Å²) in [6.07, 6.45) is 33.8. The molecule has 39 heavy (non-hydrogen) atoms. The molecule has 0 amide bonds. The molecule has 0 spiro atoms. The summed E-state index contributed by atoms with van der Waals surface area (Å²) >= 11 is 0. The van der Waals surface area contributed by atoms with Crippen LogP contribution in [0, 0.1) is 0 Å². The van der Waals surface area contributed by atoms with E-state index in [9.17, 15) is 0 Å². The minimum Gasteiger partial charge on any atom is -0.214 e. The van der Waals surface area contributed by atoms with Crippen molar-refractivity contribution >= 4 is 15.8 Å². The van der Waals surface area contributed by atoms with E-state index in [0.717, 1.165) is 22.6 Å². The number of hydrogen-bond donors (Lipinski definition) is 0. The molecule has 0 aromatic heterocycles. The molecule has 0 radical (unpaired) electrons. The summed E-state index contributed by atoms with van der Waals surface area (Å²) in [6, 6.07) is 17.6. The molecule has 0 saturated heterocycles. The first-order valence-corrected chi connectivity index (χ1v) is 20.1. The molecule has 2 aromatic carbocycles. The fourth-order valence-electron chi connectivity index (χ4n) is 8.28. The summed E-state index contributed by atoms with van der Waals surface area (Å²) in [4.78, 5) is 0. The van der Waals surface area contributed by atoms with E-state index < -0.39 is 0 Å². The minimum atomic E-state index is 0. The Bertz CT molecular complexity index is 739. The molecule has 4 fully saturated rings. The summed E-state index contributed by atoms with van der Waals surface area (Å²) in [7, 11) is 0.379. The van der Waals surface area contributed by atoms with Crippen LogP contribution in [0.2, 0.25) is 0 Å². The van der Waals surface area contributed by atoms with Gasteiger partial charge >= 0.3 is 17.1 Å². The van der Waals surface area contributed by atoms with E-state index in [4.69, 9.17) is 0 Å². The van der Waals surface area contributed by atoms with Crippen molar-refractivity contribution in [2.75, 3.05) is 0 Å². The van der Waals surface area contributed by atoms with Crippen LogP contribution in [0.5, 0.6) is 0 Å². The molecule has 2 aromatic rings. The SMILES string of the molecule is [Fe+2].c1cc(CP(C2CCCCC2)C2CCCCC2)[c-](CP(C2CCCCC2)C2CCCCC2)c1.c1cc[cH-]c1. The molecule has 0 nitrogen and oxygen atoms in total. The Kier molecular flexibility index (Phi) is 14.7. The van der Waals surface area contributed by atoms with Gasteiger partial charge in [0.05, 0.1) is 0 Å². The Labute approximate surface area is 255 Å². The van der Waals surface area contributed by atoms with E-state index in [-0.39, 0.29) is 32.9 Å². The molecule has 4 aliphatic carbocycles. The first-order valence-electron chi connectivity index (χ1n) is 16.8. The fraction of sp³-hybridized carbons (Fsp3) is 0.722. The van der Waals surface area contributed by atoms with Crippen LogP contribution in [-0.2, 0) is 29.4 Å². The van der Waals surface area contributed by atoms with Crippen LogP contribution in [0.25, 0.3) is 0 Å². The van der Waals surface area contributed by atoms with Gasteiger partial charge in [0.2, 0.25) is 0 Å². The Hall–Kier alpha value is 0.0795. The van der Waals surface area contributed by atoms with E-state index in [2.05, 4.69) is 18.2 Å². The molecular formula is C36H56FeP2. The van der Waals surface area contributed by atoms with Gasteiger partial charge in [-0.3, -0.25) is 0 Å². The van der Waals surface area contributed by atoms with Gasteiger partial charge in [-0.1, -0.05) is 91.1 Å². The van der Waals surface area contributed by atoms with Crippen LogP contribution in [0.4, 0.5) is 0 Å². The summed E-state index contributed by atoms with van der Waals surface area (Å²) in [5.74, 6) is 0. The van der Waals surface area contributed by atoms with Crippen LogP contribution in [0.3, 0.4) is 0 Å². The van der Waals surface area contributed by atoms with Crippen molar-refractivity contribution in [2.24, 2.45) is 0 Å². The second kappa shape index (κ2) is 17.9. The topological polar surface area (TPSA) is 0 Å². The normalized spacial score (nSPS) is 22.4. The Morgan fingerprint density at radius 1 is 0.564 bits per heavy atom. The zero-order valence-corrected chi connectivity index (χ0v) is 27.6. The van der Waals surface area contributed by atoms with Crippen LogP contribution in [-0.4, -0.2) is 22.6 Å². The van der Waals surface area contributed by atoms with Crippen LogP contribution < -0.4 is 0 Å². The van der Waals surface area contributed by atoms with E-state index in [1.54, 1.807) is 51.4 Å². The summed E-state index contributed by atoms with van der Waals surface area (Å²) in [5.41, 5.74) is 8.04. The van der Waals surface area contributed by atoms with Crippen molar-refractivity contribution in [1.82, 2.24) is 0 Å². The molecule has 0 aliphatic heterocycles. The Morgan fingerprint density at radius 3 is 1.36 bits per heavy atom. The maximum absolute atomic E-state index is 2.59. The monoisotopic (exact) mass is 606 g/mol. The average Bonchev–Trinajstić information content (AvgIpc) is 3.72. The zero-order chi connectivity index (χ0) is 25.8. The molecule has 3 heteroatoms. The molecule has 4 aliphatic rings. The van der Waals surface area contributed by atoms with Crippen LogP contribution >= 0.6 is 15.8 Å². The molecular weight excluding hydrogens is 550 g/mol. The van der Waals surface area contributed by atoms with Gasteiger partial charge in [0.25, 0.3) is 0 Å². The first-order chi connectivity index (χ1) is 18.9. The van der Waals surface area contributed by atoms with Gasteiger partial charge in [0.1, 0.15) is 0 Å². The van der Waals surface area contributed by atoms with E-state index in [1.165, 1.54) is 89.4 Å². The van der Waals surface area contributed by atoms with Crippen molar-refractivity contribution in [2.45, 2.75) is 163 Å². The Balaban J connectivity index is 0.000000530. The molecule has 218 valence electrons. The maximum atomic E-state index is 2.59. The van der Waals surface area contributed by atoms with Crippen molar-refractivity contribution in [3.63, 3.8) is 0 Å². The fourth-order valence-corrected chi connectivity index (χ4v) is 16.0. The Morgan fingerprint density at radius 2 is 0.974 bits per heavy atom. The molecule has 0 heterocycles. The van der Waals surface area contributed by atoms with Crippen molar-refractivity contribution in [3.05, 3.63) is 59.7 Å². The molecule has 0 bridgehead atoms. The number of rotatable bonds is 8. The predicted octanol–water partition coefficient (Wildman–Crippen LogP) is 12.1. The second-order valence-corrected chi connectivity index (χ2v) is 18.7. The van der Waals surface area contributed by atoms with E-state index in [1.807, 2.05) is 41.5 Å². The van der Waals surface area contributed by atoms with Crippen molar-refractivity contribution < 1.29 is 17.1 Å². The summed E-state index contributed by atoms with van der Waals surface area (Å²) in [5, 5.41) is 0. The largest absolute Gasteiger partial charge is 2.00 e. The van der Waals surface area contributed by atoms with E-state index >= 15 is 0 Å². The quantitative estimate of drug-likeness (QED) is 0.159. The van der Waals surface area contributed by atoms with Crippen LogP contribution in [0.15, 0.2) is 48.5 Å². The molecule has 4 saturated carbocycles. The van der Waals surface area contributed by atoms with Gasteiger partial charge in [-0.2, -0.15) is 29.8 Å². The molecule has 0 atom stereocenters. The van der Waals surface area contributed by atoms with Crippen molar-refractivity contribution in [3.8, 4) is 0 Å². The molecule has 0 N–H and O–H groups in total. The molecule has 0 unspecified atom stereocenters.